The number of carbonyl (C=O) groups excluding carboxylic acids is 1. The summed E-state index contributed by atoms with van der Waals surface area (Å²) in [5.41, 5.74) is 5.83. The molecule has 1 amide bonds. The van der Waals surface area contributed by atoms with Crippen LogP contribution < -0.4 is 5.73 Å². The average Bonchev–Trinajstić information content (AvgIpc) is 2.45. The minimum Gasteiger partial charge on any atom is -0.342 e. The molecule has 2 aliphatic rings. The largest absolute Gasteiger partial charge is 0.342 e. The zero-order valence-corrected chi connectivity index (χ0v) is 13.3. The summed E-state index contributed by atoms with van der Waals surface area (Å²) in [5, 5.41) is 0. The van der Waals surface area contributed by atoms with Crippen LogP contribution in [0.2, 0.25) is 0 Å². The summed E-state index contributed by atoms with van der Waals surface area (Å²) in [4.78, 5) is 14.6. The Bertz CT molecular complexity index is 316. The van der Waals surface area contributed by atoms with E-state index in [1.54, 1.807) is 0 Å². The number of fused-ring (bicyclic) bond motifs is 1. The highest BCUT2D eigenvalue weighted by Gasteiger charge is 2.33. The summed E-state index contributed by atoms with van der Waals surface area (Å²) in [6, 6.07) is 0. The van der Waals surface area contributed by atoms with Gasteiger partial charge in [0, 0.05) is 19.5 Å². The van der Waals surface area contributed by atoms with E-state index in [-0.39, 0.29) is 0 Å². The van der Waals surface area contributed by atoms with E-state index in [9.17, 15) is 4.79 Å². The first kappa shape index (κ1) is 15.8. The maximum Gasteiger partial charge on any atom is 0.222 e. The molecule has 1 saturated carbocycles. The van der Waals surface area contributed by atoms with Crippen LogP contribution in [0.4, 0.5) is 0 Å². The number of amides is 1. The van der Waals surface area contributed by atoms with Gasteiger partial charge in [-0.2, -0.15) is 0 Å². The van der Waals surface area contributed by atoms with Gasteiger partial charge in [0.05, 0.1) is 0 Å². The van der Waals surface area contributed by atoms with Crippen molar-refractivity contribution in [3.05, 3.63) is 0 Å². The first-order valence-electron chi connectivity index (χ1n) is 8.58. The Kier molecular flexibility index (Phi) is 5.88. The molecule has 0 spiro atoms. The number of carbonyl (C=O) groups is 1. The third-order valence-electron chi connectivity index (χ3n) is 5.25. The summed E-state index contributed by atoms with van der Waals surface area (Å²) < 4.78 is 0. The van der Waals surface area contributed by atoms with Crippen molar-refractivity contribution >= 4 is 5.91 Å². The van der Waals surface area contributed by atoms with Gasteiger partial charge >= 0.3 is 0 Å². The van der Waals surface area contributed by atoms with Gasteiger partial charge < -0.3 is 10.6 Å². The summed E-state index contributed by atoms with van der Waals surface area (Å²) in [6.07, 6.45) is 8.45. The van der Waals surface area contributed by atoms with Gasteiger partial charge in [-0.05, 0) is 49.5 Å². The molecule has 2 unspecified atom stereocenters. The average molecular weight is 280 g/mol. The fourth-order valence-electron chi connectivity index (χ4n) is 4.13. The smallest absolute Gasteiger partial charge is 0.222 e. The molecule has 116 valence electrons. The topological polar surface area (TPSA) is 46.3 Å². The maximum atomic E-state index is 12.5. The van der Waals surface area contributed by atoms with E-state index in [0.717, 1.165) is 31.3 Å². The molecule has 1 aliphatic carbocycles. The van der Waals surface area contributed by atoms with Gasteiger partial charge in [-0.15, -0.1) is 0 Å². The quantitative estimate of drug-likeness (QED) is 0.841. The van der Waals surface area contributed by atoms with Crippen molar-refractivity contribution in [1.29, 1.82) is 0 Å². The van der Waals surface area contributed by atoms with E-state index in [1.165, 1.54) is 32.1 Å². The zero-order chi connectivity index (χ0) is 14.5. The first-order valence-corrected chi connectivity index (χ1v) is 8.58. The first-order chi connectivity index (χ1) is 9.60. The summed E-state index contributed by atoms with van der Waals surface area (Å²) in [7, 11) is 0. The molecule has 0 aromatic rings. The Labute approximate surface area is 124 Å². The van der Waals surface area contributed by atoms with Crippen LogP contribution in [0.5, 0.6) is 0 Å². The molecule has 1 aliphatic heterocycles. The normalized spacial score (nSPS) is 28.3. The van der Waals surface area contributed by atoms with Crippen LogP contribution in [0.1, 0.15) is 58.8 Å². The van der Waals surface area contributed by atoms with Crippen molar-refractivity contribution in [2.45, 2.75) is 58.8 Å². The van der Waals surface area contributed by atoms with Crippen molar-refractivity contribution in [3.63, 3.8) is 0 Å². The van der Waals surface area contributed by atoms with Crippen LogP contribution in [0.25, 0.3) is 0 Å². The predicted molar refractivity (Wildman–Crippen MR) is 83.3 cm³/mol. The van der Waals surface area contributed by atoms with Gasteiger partial charge in [0.2, 0.25) is 5.91 Å². The van der Waals surface area contributed by atoms with Gasteiger partial charge in [-0.3, -0.25) is 4.79 Å². The highest BCUT2D eigenvalue weighted by atomic mass is 16.2. The molecule has 3 nitrogen and oxygen atoms in total. The Morgan fingerprint density at radius 2 is 1.90 bits per heavy atom. The van der Waals surface area contributed by atoms with E-state index >= 15 is 0 Å². The van der Waals surface area contributed by atoms with Gasteiger partial charge in [-0.1, -0.05) is 33.1 Å². The van der Waals surface area contributed by atoms with Crippen LogP contribution in [-0.4, -0.2) is 30.4 Å². The number of likely N-dealkylation sites (tertiary alicyclic amines) is 1. The molecule has 1 saturated heterocycles. The molecule has 2 N–H and O–H groups in total. The molecule has 0 bridgehead atoms. The number of nitrogens with zero attached hydrogens (tertiary/aromatic N) is 1. The second-order valence-electron chi connectivity index (χ2n) is 7.37. The Morgan fingerprint density at radius 1 is 1.20 bits per heavy atom. The van der Waals surface area contributed by atoms with Gasteiger partial charge in [0.1, 0.15) is 0 Å². The zero-order valence-electron chi connectivity index (χ0n) is 13.3. The van der Waals surface area contributed by atoms with E-state index in [1.807, 2.05) is 0 Å². The second kappa shape index (κ2) is 7.44. The highest BCUT2D eigenvalue weighted by molar-refractivity contribution is 5.76. The fraction of sp³-hybridized carbons (Fsp3) is 0.941. The lowest BCUT2D eigenvalue weighted by atomic mass is 9.75. The van der Waals surface area contributed by atoms with E-state index in [2.05, 4.69) is 18.7 Å². The Balaban J connectivity index is 1.83. The van der Waals surface area contributed by atoms with Crippen molar-refractivity contribution in [2.24, 2.45) is 29.4 Å². The van der Waals surface area contributed by atoms with Crippen molar-refractivity contribution < 1.29 is 4.79 Å². The number of hydrogen-bond donors (Lipinski definition) is 1. The third kappa shape index (κ3) is 4.21. The summed E-state index contributed by atoms with van der Waals surface area (Å²) in [6.45, 7) is 7.06. The summed E-state index contributed by atoms with van der Waals surface area (Å²) >= 11 is 0. The number of rotatable bonds is 5. The molecule has 2 rings (SSSR count). The van der Waals surface area contributed by atoms with Crippen molar-refractivity contribution in [1.82, 2.24) is 4.90 Å². The highest BCUT2D eigenvalue weighted by Crippen LogP contribution is 2.36. The fourth-order valence-corrected chi connectivity index (χ4v) is 4.13. The van der Waals surface area contributed by atoms with Crippen LogP contribution in [0, 0.1) is 23.7 Å². The van der Waals surface area contributed by atoms with Gasteiger partial charge in [0.15, 0.2) is 0 Å². The molecule has 0 radical (unpaired) electrons. The summed E-state index contributed by atoms with van der Waals surface area (Å²) in [5.74, 6) is 3.02. The number of hydrogen-bond acceptors (Lipinski definition) is 2. The SMILES string of the molecule is CC(C)C[C@H](CN)CC(=O)N1CCC2CCCCC2C1. The molecule has 0 aromatic carbocycles. The molecule has 1 heterocycles. The van der Waals surface area contributed by atoms with Crippen LogP contribution in [0.15, 0.2) is 0 Å². The lowest BCUT2D eigenvalue weighted by molar-refractivity contribution is -0.135. The molecular weight excluding hydrogens is 248 g/mol. The molecule has 3 heteroatoms. The van der Waals surface area contributed by atoms with Gasteiger partial charge in [-0.25, -0.2) is 0 Å². The van der Waals surface area contributed by atoms with E-state index in [4.69, 9.17) is 5.73 Å². The molecule has 2 fully saturated rings. The van der Waals surface area contributed by atoms with E-state index < -0.39 is 0 Å². The minimum atomic E-state index is 0.352. The number of nitrogens with two attached hydrogens (primary N) is 1. The maximum absolute atomic E-state index is 12.5. The minimum absolute atomic E-state index is 0.352. The Morgan fingerprint density at radius 3 is 2.55 bits per heavy atom. The third-order valence-corrected chi connectivity index (χ3v) is 5.25. The number of piperidine rings is 1. The monoisotopic (exact) mass is 280 g/mol. The van der Waals surface area contributed by atoms with Gasteiger partial charge in [0.25, 0.3) is 0 Å². The molecule has 20 heavy (non-hydrogen) atoms. The second-order valence-corrected chi connectivity index (χ2v) is 7.37. The van der Waals surface area contributed by atoms with Crippen LogP contribution >= 0.6 is 0 Å². The molecule has 3 atom stereocenters. The van der Waals surface area contributed by atoms with Crippen molar-refractivity contribution in [3.8, 4) is 0 Å². The standard InChI is InChI=1S/C17H32N2O/c1-13(2)9-14(11-18)10-17(20)19-8-7-15-5-3-4-6-16(15)12-19/h13-16H,3-12,18H2,1-2H3/t14-,15?,16?/m0/s1. The van der Waals surface area contributed by atoms with Crippen molar-refractivity contribution in [2.75, 3.05) is 19.6 Å². The molecule has 0 aromatic heterocycles. The Hall–Kier alpha value is -0.570. The van der Waals surface area contributed by atoms with E-state index in [0.29, 0.717) is 30.7 Å². The van der Waals surface area contributed by atoms with Crippen LogP contribution in [-0.2, 0) is 4.79 Å². The predicted octanol–water partition coefficient (Wildman–Crippen LogP) is 3.04. The lowest BCUT2D eigenvalue weighted by Crippen LogP contribution is -2.45. The lowest BCUT2D eigenvalue weighted by Gasteiger charge is -2.41. The molecular formula is C17H32N2O. The van der Waals surface area contributed by atoms with Crippen LogP contribution in [0.3, 0.4) is 0 Å².